The molecule has 5 nitrogen and oxygen atoms in total. The van der Waals surface area contributed by atoms with Crippen LogP contribution in [0.25, 0.3) is 0 Å². The van der Waals surface area contributed by atoms with Crippen LogP contribution in [0.1, 0.15) is 43.7 Å². The molecule has 0 unspecified atom stereocenters. The van der Waals surface area contributed by atoms with Crippen LogP contribution in [0.2, 0.25) is 0 Å². The van der Waals surface area contributed by atoms with Crippen molar-refractivity contribution in [3.63, 3.8) is 0 Å². The minimum Gasteiger partial charge on any atom is -0.388 e. The second kappa shape index (κ2) is 8.86. The number of nitrogens with one attached hydrogen (secondary N) is 1. The van der Waals surface area contributed by atoms with Gasteiger partial charge in [0.2, 0.25) is 5.82 Å². The molecule has 9 heteroatoms. The van der Waals surface area contributed by atoms with Gasteiger partial charge in [-0.3, -0.25) is 0 Å². The smallest absolute Gasteiger partial charge is 0.270 e. The molecular weight excluding hydrogens is 425 g/mol. The van der Waals surface area contributed by atoms with Crippen molar-refractivity contribution in [1.82, 2.24) is 9.97 Å². The van der Waals surface area contributed by atoms with Crippen molar-refractivity contribution in [2.24, 2.45) is 0 Å². The summed E-state index contributed by atoms with van der Waals surface area (Å²) < 4.78 is 42.3. The fraction of sp³-hybridized carbons (Fsp3) is 0.545. The summed E-state index contributed by atoms with van der Waals surface area (Å²) in [5, 5.41) is 13.6. The van der Waals surface area contributed by atoms with Crippen LogP contribution in [0, 0.1) is 5.82 Å². The molecule has 0 spiro atoms. The Hall–Kier alpha value is -2.00. The predicted molar refractivity (Wildman–Crippen MR) is 117 cm³/mol. The third kappa shape index (κ3) is 5.44. The molecule has 1 saturated carbocycles. The first-order valence-corrected chi connectivity index (χ1v) is 11.7. The molecule has 4 rings (SSSR count). The van der Waals surface area contributed by atoms with Gasteiger partial charge in [-0.2, -0.15) is 16.2 Å². The first-order chi connectivity index (χ1) is 14.8. The van der Waals surface area contributed by atoms with Gasteiger partial charge in [-0.25, -0.2) is 18.7 Å². The van der Waals surface area contributed by atoms with Gasteiger partial charge in [-0.1, -0.05) is 24.3 Å². The van der Waals surface area contributed by atoms with E-state index in [4.69, 9.17) is 0 Å². The molecule has 2 fully saturated rings. The van der Waals surface area contributed by atoms with Crippen LogP contribution in [0.5, 0.6) is 0 Å². The van der Waals surface area contributed by atoms with Gasteiger partial charge in [0.25, 0.3) is 5.92 Å². The lowest BCUT2D eigenvalue weighted by atomic mass is 9.97. The molecule has 0 radical (unpaired) electrons. The molecule has 0 atom stereocenters. The summed E-state index contributed by atoms with van der Waals surface area (Å²) in [5.74, 6) is -1.42. The number of hydrogen-bond acceptors (Lipinski definition) is 6. The number of rotatable bonds is 8. The van der Waals surface area contributed by atoms with Crippen LogP contribution in [0.3, 0.4) is 0 Å². The lowest BCUT2D eigenvalue weighted by Crippen LogP contribution is -2.40. The summed E-state index contributed by atoms with van der Waals surface area (Å²) in [6.07, 6.45) is 4.48. The summed E-state index contributed by atoms with van der Waals surface area (Å²) >= 11 is 1.81. The van der Waals surface area contributed by atoms with E-state index >= 15 is 4.39 Å². The van der Waals surface area contributed by atoms with Gasteiger partial charge in [0, 0.05) is 31.6 Å². The van der Waals surface area contributed by atoms with E-state index in [9.17, 15) is 13.9 Å². The molecule has 0 bridgehead atoms. The van der Waals surface area contributed by atoms with Crippen molar-refractivity contribution in [2.45, 2.75) is 56.7 Å². The van der Waals surface area contributed by atoms with Crippen molar-refractivity contribution in [1.29, 1.82) is 0 Å². The largest absolute Gasteiger partial charge is 0.388 e. The number of aromatic nitrogens is 2. The molecule has 1 aromatic heterocycles. The molecule has 2 heterocycles. The van der Waals surface area contributed by atoms with Crippen molar-refractivity contribution < 1.29 is 18.3 Å². The number of halogens is 3. The monoisotopic (exact) mass is 452 g/mol. The quantitative estimate of drug-likeness (QED) is 0.612. The van der Waals surface area contributed by atoms with E-state index in [2.05, 4.69) is 15.3 Å². The topological polar surface area (TPSA) is 61.3 Å². The van der Waals surface area contributed by atoms with E-state index < -0.39 is 17.3 Å². The Kier molecular flexibility index (Phi) is 6.35. The number of alkyl halides is 2. The molecule has 1 saturated heterocycles. The number of thioether (sulfide) groups is 1. The van der Waals surface area contributed by atoms with Gasteiger partial charge < -0.3 is 15.3 Å². The second-order valence-electron chi connectivity index (χ2n) is 8.49. The maximum absolute atomic E-state index is 15.3. The third-order valence-electron chi connectivity index (χ3n) is 5.85. The zero-order valence-electron chi connectivity index (χ0n) is 17.5. The molecule has 2 aliphatic rings. The van der Waals surface area contributed by atoms with Crippen LogP contribution in [0.15, 0.2) is 30.6 Å². The van der Waals surface area contributed by atoms with E-state index in [0.29, 0.717) is 19.4 Å². The summed E-state index contributed by atoms with van der Waals surface area (Å²) in [7, 11) is 0. The van der Waals surface area contributed by atoms with E-state index in [1.54, 1.807) is 23.9 Å². The summed E-state index contributed by atoms with van der Waals surface area (Å²) in [6.45, 7) is 1.47. The van der Waals surface area contributed by atoms with E-state index in [-0.39, 0.29) is 29.8 Å². The van der Waals surface area contributed by atoms with Crippen LogP contribution in [0.4, 0.5) is 24.8 Å². The first kappa shape index (κ1) is 22.2. The zero-order chi connectivity index (χ0) is 22.1. The van der Waals surface area contributed by atoms with Crippen molar-refractivity contribution in [3.05, 3.63) is 47.5 Å². The number of benzene rings is 1. The van der Waals surface area contributed by atoms with Gasteiger partial charge in [-0.05, 0) is 42.8 Å². The number of anilines is 2. The molecule has 0 amide bonds. The van der Waals surface area contributed by atoms with E-state index in [1.165, 1.54) is 18.5 Å². The summed E-state index contributed by atoms with van der Waals surface area (Å²) in [5.41, 5.74) is -0.100. The second-order valence-corrected chi connectivity index (χ2v) is 9.72. The highest BCUT2D eigenvalue weighted by atomic mass is 32.2. The number of nitrogens with zero attached hydrogens (tertiary/aromatic N) is 3. The van der Waals surface area contributed by atoms with Gasteiger partial charge in [0.1, 0.15) is 6.33 Å². The summed E-state index contributed by atoms with van der Waals surface area (Å²) in [6, 6.07) is 6.28. The fourth-order valence-corrected chi connectivity index (χ4v) is 4.98. The Morgan fingerprint density at radius 2 is 1.87 bits per heavy atom. The Bertz CT molecular complexity index is 897. The molecule has 31 heavy (non-hydrogen) atoms. The lowest BCUT2D eigenvalue weighted by molar-refractivity contribution is 0.0174. The minimum atomic E-state index is -2.89. The molecule has 1 aliphatic heterocycles. The van der Waals surface area contributed by atoms with Crippen LogP contribution in [-0.2, 0) is 12.5 Å². The minimum absolute atomic E-state index is 0.0482. The van der Waals surface area contributed by atoms with Crippen LogP contribution < -0.4 is 10.2 Å². The average Bonchev–Trinajstić information content (AvgIpc) is 3.57. The third-order valence-corrected chi connectivity index (χ3v) is 6.84. The zero-order valence-corrected chi connectivity index (χ0v) is 18.3. The standard InChI is InChI=1S/C22H27F3N4OS/c1-21(24,25)16-4-2-15(3-5-16)12-29(17-6-7-17)20-18(23)19(27-14-28-20)26-13-22(30)8-10-31-11-9-22/h2-5,14,17,30H,6-13H2,1H3,(H,26,27,28). The maximum Gasteiger partial charge on any atom is 0.270 e. The molecule has 1 aromatic carbocycles. The highest BCUT2D eigenvalue weighted by Gasteiger charge is 2.34. The number of aliphatic hydroxyl groups is 1. The predicted octanol–water partition coefficient (Wildman–Crippen LogP) is 4.57. The highest BCUT2D eigenvalue weighted by Crippen LogP contribution is 2.35. The van der Waals surface area contributed by atoms with Crippen molar-refractivity contribution in [3.8, 4) is 0 Å². The Morgan fingerprint density at radius 3 is 2.48 bits per heavy atom. The SMILES string of the molecule is CC(F)(F)c1ccc(CN(c2ncnc(NCC3(O)CCSCC3)c2F)C2CC2)cc1. The first-order valence-electron chi connectivity index (χ1n) is 10.5. The normalized spacial score (nSPS) is 18.6. The Balaban J connectivity index is 1.50. The van der Waals surface area contributed by atoms with Gasteiger partial charge in [0.15, 0.2) is 11.6 Å². The molecule has 168 valence electrons. The summed E-state index contributed by atoms with van der Waals surface area (Å²) in [4.78, 5) is 10.1. The van der Waals surface area contributed by atoms with Crippen molar-refractivity contribution in [2.75, 3.05) is 28.3 Å². The van der Waals surface area contributed by atoms with Gasteiger partial charge in [0.05, 0.1) is 5.60 Å². The number of hydrogen-bond donors (Lipinski definition) is 2. The fourth-order valence-electron chi connectivity index (χ4n) is 3.72. The lowest BCUT2D eigenvalue weighted by Gasteiger charge is -2.32. The van der Waals surface area contributed by atoms with Crippen LogP contribution >= 0.6 is 11.8 Å². The Morgan fingerprint density at radius 1 is 1.19 bits per heavy atom. The Labute approximate surface area is 184 Å². The highest BCUT2D eigenvalue weighted by molar-refractivity contribution is 7.99. The molecule has 2 N–H and O–H groups in total. The van der Waals surface area contributed by atoms with E-state index in [1.807, 2.05) is 4.90 Å². The molecular formula is C22H27F3N4OS. The average molecular weight is 453 g/mol. The van der Waals surface area contributed by atoms with Crippen molar-refractivity contribution >= 4 is 23.4 Å². The van der Waals surface area contributed by atoms with Gasteiger partial charge in [-0.15, -0.1) is 0 Å². The maximum atomic E-state index is 15.3. The molecule has 2 aromatic rings. The van der Waals surface area contributed by atoms with Gasteiger partial charge >= 0.3 is 0 Å². The van der Waals surface area contributed by atoms with Crippen LogP contribution in [-0.4, -0.2) is 44.8 Å². The van der Waals surface area contributed by atoms with E-state index in [0.717, 1.165) is 36.8 Å². The molecule has 1 aliphatic carbocycles.